The molecule has 1 rings (SSSR count). The number of rotatable bonds is 6. The standard InChI is InChI=1S/C12H14ClNO5S/c1-20(18,19)6-5-10(12(16)17)14-11(15)8-3-2-4-9(13)7-8/h2-4,7,10H,5-6H2,1H3,(H,14,15)(H,16,17). The summed E-state index contributed by atoms with van der Waals surface area (Å²) in [6.07, 6.45) is 0.811. The maximum Gasteiger partial charge on any atom is 0.326 e. The van der Waals surface area contributed by atoms with Crippen molar-refractivity contribution < 1.29 is 23.1 Å². The maximum absolute atomic E-state index is 11.9. The van der Waals surface area contributed by atoms with Crippen LogP contribution in [-0.4, -0.2) is 43.5 Å². The number of halogens is 1. The minimum absolute atomic E-state index is 0.194. The van der Waals surface area contributed by atoms with E-state index in [-0.39, 0.29) is 17.7 Å². The summed E-state index contributed by atoms with van der Waals surface area (Å²) < 4.78 is 22.1. The second-order valence-electron chi connectivity index (χ2n) is 4.29. The SMILES string of the molecule is CS(=O)(=O)CCC(NC(=O)c1cccc(Cl)c1)C(=O)O. The highest BCUT2D eigenvalue weighted by Gasteiger charge is 2.22. The Kier molecular flexibility index (Phi) is 5.52. The van der Waals surface area contributed by atoms with E-state index < -0.39 is 27.8 Å². The van der Waals surface area contributed by atoms with Crippen LogP contribution in [0.25, 0.3) is 0 Å². The molecule has 0 bridgehead atoms. The predicted octanol–water partition coefficient (Wildman–Crippen LogP) is 0.958. The lowest BCUT2D eigenvalue weighted by Gasteiger charge is -2.14. The average Bonchev–Trinajstić information content (AvgIpc) is 2.32. The molecule has 0 radical (unpaired) electrons. The fraction of sp³-hybridized carbons (Fsp3) is 0.333. The molecule has 0 spiro atoms. The topological polar surface area (TPSA) is 101 Å². The molecule has 1 atom stereocenters. The van der Waals surface area contributed by atoms with E-state index in [1.54, 1.807) is 12.1 Å². The summed E-state index contributed by atoms with van der Waals surface area (Å²) in [5.74, 6) is -2.22. The second kappa shape index (κ2) is 6.71. The van der Waals surface area contributed by atoms with Crippen molar-refractivity contribution >= 4 is 33.3 Å². The summed E-state index contributed by atoms with van der Waals surface area (Å²) in [6.45, 7) is 0. The molecule has 1 amide bonds. The maximum atomic E-state index is 11.9. The van der Waals surface area contributed by atoms with Crippen LogP contribution in [0.2, 0.25) is 5.02 Å². The number of carboxylic acids is 1. The fourth-order valence-corrected chi connectivity index (χ4v) is 2.31. The minimum Gasteiger partial charge on any atom is -0.480 e. The van der Waals surface area contributed by atoms with E-state index >= 15 is 0 Å². The van der Waals surface area contributed by atoms with E-state index in [4.69, 9.17) is 16.7 Å². The number of nitrogens with one attached hydrogen (secondary N) is 1. The molecule has 8 heteroatoms. The third-order valence-electron chi connectivity index (χ3n) is 2.47. The van der Waals surface area contributed by atoms with E-state index in [1.807, 2.05) is 0 Å². The Bertz CT molecular complexity index is 614. The van der Waals surface area contributed by atoms with E-state index in [2.05, 4.69) is 5.32 Å². The lowest BCUT2D eigenvalue weighted by atomic mass is 10.1. The number of hydrogen-bond donors (Lipinski definition) is 2. The van der Waals surface area contributed by atoms with Crippen LogP contribution in [0.1, 0.15) is 16.8 Å². The van der Waals surface area contributed by atoms with Crippen molar-refractivity contribution in [3.63, 3.8) is 0 Å². The highest BCUT2D eigenvalue weighted by Crippen LogP contribution is 2.11. The molecule has 0 saturated carbocycles. The van der Waals surface area contributed by atoms with Crippen LogP contribution in [0.4, 0.5) is 0 Å². The summed E-state index contributed by atoms with van der Waals surface area (Å²) in [4.78, 5) is 22.9. The Hall–Kier alpha value is -1.60. The summed E-state index contributed by atoms with van der Waals surface area (Å²) in [5.41, 5.74) is 0.211. The molecule has 0 aromatic heterocycles. The minimum atomic E-state index is -3.30. The normalized spacial score (nSPS) is 12.7. The first kappa shape index (κ1) is 16.5. The summed E-state index contributed by atoms with van der Waals surface area (Å²) in [6, 6.07) is 4.75. The van der Waals surface area contributed by atoms with E-state index in [1.165, 1.54) is 12.1 Å². The predicted molar refractivity (Wildman–Crippen MR) is 74.7 cm³/mol. The molecular formula is C12H14ClNO5S. The zero-order chi connectivity index (χ0) is 15.3. The summed E-state index contributed by atoms with van der Waals surface area (Å²) >= 11 is 5.73. The van der Waals surface area contributed by atoms with Gasteiger partial charge in [-0.2, -0.15) is 0 Å². The van der Waals surface area contributed by atoms with Gasteiger partial charge in [-0.05, 0) is 24.6 Å². The molecule has 0 aliphatic rings. The number of aliphatic carboxylic acids is 1. The molecule has 0 heterocycles. The first-order chi connectivity index (χ1) is 9.19. The van der Waals surface area contributed by atoms with Crippen molar-refractivity contribution in [3.05, 3.63) is 34.9 Å². The van der Waals surface area contributed by atoms with Crippen LogP contribution in [0.3, 0.4) is 0 Å². The van der Waals surface area contributed by atoms with Gasteiger partial charge in [0.15, 0.2) is 0 Å². The second-order valence-corrected chi connectivity index (χ2v) is 6.99. The van der Waals surface area contributed by atoms with Gasteiger partial charge in [0.25, 0.3) is 5.91 Å². The lowest BCUT2D eigenvalue weighted by Crippen LogP contribution is -2.41. The van der Waals surface area contributed by atoms with Gasteiger partial charge in [-0.25, -0.2) is 13.2 Å². The van der Waals surface area contributed by atoms with Gasteiger partial charge in [-0.3, -0.25) is 4.79 Å². The largest absolute Gasteiger partial charge is 0.480 e. The zero-order valence-corrected chi connectivity index (χ0v) is 12.2. The molecule has 1 aromatic carbocycles. The van der Waals surface area contributed by atoms with E-state index in [9.17, 15) is 18.0 Å². The van der Waals surface area contributed by atoms with Gasteiger partial charge in [0.1, 0.15) is 15.9 Å². The lowest BCUT2D eigenvalue weighted by molar-refractivity contribution is -0.139. The zero-order valence-electron chi connectivity index (χ0n) is 10.7. The fourth-order valence-electron chi connectivity index (χ4n) is 1.46. The van der Waals surface area contributed by atoms with Gasteiger partial charge in [0, 0.05) is 16.8 Å². The van der Waals surface area contributed by atoms with Crippen molar-refractivity contribution in [3.8, 4) is 0 Å². The van der Waals surface area contributed by atoms with Gasteiger partial charge >= 0.3 is 5.97 Å². The molecule has 0 aliphatic carbocycles. The van der Waals surface area contributed by atoms with Crippen LogP contribution in [0.15, 0.2) is 24.3 Å². The monoisotopic (exact) mass is 319 g/mol. The molecule has 20 heavy (non-hydrogen) atoms. The van der Waals surface area contributed by atoms with Crippen LogP contribution in [-0.2, 0) is 14.6 Å². The van der Waals surface area contributed by atoms with Crippen LogP contribution >= 0.6 is 11.6 Å². The third-order valence-corrected chi connectivity index (χ3v) is 3.68. The first-order valence-electron chi connectivity index (χ1n) is 5.66. The molecule has 110 valence electrons. The van der Waals surface area contributed by atoms with Crippen molar-refractivity contribution in [2.45, 2.75) is 12.5 Å². The first-order valence-corrected chi connectivity index (χ1v) is 8.10. The Morgan fingerprint density at radius 2 is 2.05 bits per heavy atom. The number of carboxylic acid groups (broad SMARTS) is 1. The van der Waals surface area contributed by atoms with Crippen molar-refractivity contribution in [2.24, 2.45) is 0 Å². The van der Waals surface area contributed by atoms with Crippen molar-refractivity contribution in [1.29, 1.82) is 0 Å². The molecular weight excluding hydrogens is 306 g/mol. The third kappa shape index (κ3) is 5.58. The molecule has 0 fully saturated rings. The molecule has 1 unspecified atom stereocenters. The highest BCUT2D eigenvalue weighted by atomic mass is 35.5. The smallest absolute Gasteiger partial charge is 0.326 e. The quantitative estimate of drug-likeness (QED) is 0.813. The van der Waals surface area contributed by atoms with Gasteiger partial charge in [-0.1, -0.05) is 17.7 Å². The number of carbonyl (C=O) groups excluding carboxylic acids is 1. The molecule has 0 aliphatic heterocycles. The summed E-state index contributed by atoms with van der Waals surface area (Å²) in [5, 5.41) is 11.6. The summed E-state index contributed by atoms with van der Waals surface area (Å²) in [7, 11) is -3.30. The van der Waals surface area contributed by atoms with Gasteiger partial charge < -0.3 is 10.4 Å². The number of sulfone groups is 1. The van der Waals surface area contributed by atoms with Crippen molar-refractivity contribution in [2.75, 3.05) is 12.0 Å². The molecule has 1 aromatic rings. The van der Waals surface area contributed by atoms with Gasteiger partial charge in [-0.15, -0.1) is 0 Å². The Morgan fingerprint density at radius 3 is 2.55 bits per heavy atom. The van der Waals surface area contributed by atoms with Gasteiger partial charge in [0.05, 0.1) is 5.75 Å². The van der Waals surface area contributed by atoms with E-state index in [0.29, 0.717) is 5.02 Å². The van der Waals surface area contributed by atoms with Crippen molar-refractivity contribution in [1.82, 2.24) is 5.32 Å². The average molecular weight is 320 g/mol. The number of benzene rings is 1. The highest BCUT2D eigenvalue weighted by molar-refractivity contribution is 7.90. The number of hydrogen-bond acceptors (Lipinski definition) is 4. The van der Waals surface area contributed by atoms with Gasteiger partial charge in [0.2, 0.25) is 0 Å². The number of amides is 1. The Balaban J connectivity index is 2.75. The Morgan fingerprint density at radius 1 is 1.40 bits per heavy atom. The van der Waals surface area contributed by atoms with Crippen LogP contribution < -0.4 is 5.32 Å². The Labute approximate surface area is 121 Å². The van der Waals surface area contributed by atoms with E-state index in [0.717, 1.165) is 6.26 Å². The molecule has 6 nitrogen and oxygen atoms in total. The molecule has 0 saturated heterocycles. The molecule has 2 N–H and O–H groups in total. The van der Waals surface area contributed by atoms with Crippen LogP contribution in [0, 0.1) is 0 Å². The van der Waals surface area contributed by atoms with Crippen LogP contribution in [0.5, 0.6) is 0 Å². The number of carbonyl (C=O) groups is 2.